The van der Waals surface area contributed by atoms with Crippen molar-refractivity contribution in [2.45, 2.75) is 17.3 Å². The van der Waals surface area contributed by atoms with Gasteiger partial charge in [-0.2, -0.15) is 0 Å². The number of rotatable bonds is 8. The van der Waals surface area contributed by atoms with Gasteiger partial charge in [0.05, 0.1) is 14.2 Å². The van der Waals surface area contributed by atoms with Crippen LogP contribution in [-0.2, 0) is 12.2 Å². The van der Waals surface area contributed by atoms with Gasteiger partial charge in [-0.1, -0.05) is 35.5 Å². The second-order valence-corrected chi connectivity index (χ2v) is 8.42. The molecule has 0 fully saturated rings. The Hall–Kier alpha value is -3.10. The van der Waals surface area contributed by atoms with E-state index in [0.717, 1.165) is 5.56 Å². The molecule has 0 aliphatic carbocycles. The van der Waals surface area contributed by atoms with Crippen LogP contribution in [0.3, 0.4) is 0 Å². The fourth-order valence-electron chi connectivity index (χ4n) is 3.34. The molecule has 0 saturated heterocycles. The van der Waals surface area contributed by atoms with Crippen LogP contribution in [0.15, 0.2) is 65.8 Å². The van der Waals surface area contributed by atoms with Crippen molar-refractivity contribution in [2.75, 3.05) is 14.2 Å². The van der Waals surface area contributed by atoms with Gasteiger partial charge in [-0.15, -0.1) is 10.2 Å². The Morgan fingerprint density at radius 2 is 1.70 bits per heavy atom. The van der Waals surface area contributed by atoms with Crippen LogP contribution >= 0.6 is 23.4 Å². The monoisotopic (exact) mass is 487 g/mol. The highest BCUT2D eigenvalue weighted by Gasteiger charge is 2.18. The van der Waals surface area contributed by atoms with Crippen molar-refractivity contribution in [3.63, 3.8) is 0 Å². The first kappa shape index (κ1) is 23.1. The second-order valence-electron chi connectivity index (χ2n) is 7.07. The number of aromatic nitrogens is 3. The minimum atomic E-state index is -0.381. The number of ether oxygens (including phenoxy) is 2. The molecule has 4 aromatic rings. The minimum absolute atomic E-state index is 0.265. The standard InChI is InChI=1S/C24H20ClF2N3O2S/c1-31-21-11-6-15(12-22(21)32-2)13-23-28-29-24(30(23)17-9-7-16(26)8-10-17)33-14-18-19(25)4-3-5-20(18)27/h3-12H,13-14H2,1-2H3. The Morgan fingerprint density at radius 3 is 2.39 bits per heavy atom. The Labute approximate surface area is 199 Å². The van der Waals surface area contributed by atoms with Crippen molar-refractivity contribution in [1.82, 2.24) is 14.8 Å². The lowest BCUT2D eigenvalue weighted by Gasteiger charge is -2.12. The first-order valence-corrected chi connectivity index (χ1v) is 11.3. The molecular formula is C24H20ClF2N3O2S. The summed E-state index contributed by atoms with van der Waals surface area (Å²) in [4.78, 5) is 0. The van der Waals surface area contributed by atoms with E-state index in [4.69, 9.17) is 21.1 Å². The summed E-state index contributed by atoms with van der Waals surface area (Å²) < 4.78 is 40.3. The molecule has 0 N–H and O–H groups in total. The summed E-state index contributed by atoms with van der Waals surface area (Å²) in [7, 11) is 3.15. The molecule has 9 heteroatoms. The number of halogens is 3. The van der Waals surface area contributed by atoms with Gasteiger partial charge >= 0.3 is 0 Å². The molecule has 0 amide bonds. The highest BCUT2D eigenvalue weighted by molar-refractivity contribution is 7.98. The minimum Gasteiger partial charge on any atom is -0.493 e. The maximum atomic E-state index is 14.2. The molecule has 4 rings (SSSR count). The van der Waals surface area contributed by atoms with Crippen LogP contribution in [-0.4, -0.2) is 29.0 Å². The third-order valence-electron chi connectivity index (χ3n) is 5.00. The number of hydrogen-bond donors (Lipinski definition) is 0. The molecule has 0 aliphatic heterocycles. The topological polar surface area (TPSA) is 49.2 Å². The Balaban J connectivity index is 1.69. The molecule has 0 spiro atoms. The zero-order chi connectivity index (χ0) is 23.4. The summed E-state index contributed by atoms with van der Waals surface area (Å²) in [5, 5.41) is 9.57. The Kier molecular flexibility index (Phi) is 7.15. The zero-order valence-corrected chi connectivity index (χ0v) is 19.5. The fraction of sp³-hybridized carbons (Fsp3) is 0.167. The van der Waals surface area contributed by atoms with E-state index in [1.165, 1.54) is 30.0 Å². The SMILES string of the molecule is COc1ccc(Cc2nnc(SCc3c(F)cccc3Cl)n2-c2ccc(F)cc2)cc1OC. The predicted molar refractivity (Wildman–Crippen MR) is 125 cm³/mol. The van der Waals surface area contributed by atoms with Gasteiger partial charge in [-0.25, -0.2) is 8.78 Å². The number of hydrogen-bond acceptors (Lipinski definition) is 5. The smallest absolute Gasteiger partial charge is 0.196 e. The number of benzene rings is 3. The van der Waals surface area contributed by atoms with E-state index in [1.54, 1.807) is 38.5 Å². The van der Waals surface area contributed by atoms with Crippen LogP contribution in [0.5, 0.6) is 11.5 Å². The largest absolute Gasteiger partial charge is 0.493 e. The van der Waals surface area contributed by atoms with Crippen LogP contribution in [0.25, 0.3) is 5.69 Å². The average Bonchev–Trinajstić information content (AvgIpc) is 3.21. The highest BCUT2D eigenvalue weighted by atomic mass is 35.5. The summed E-state index contributed by atoms with van der Waals surface area (Å²) >= 11 is 7.47. The lowest BCUT2D eigenvalue weighted by molar-refractivity contribution is 0.354. The molecule has 5 nitrogen and oxygen atoms in total. The van der Waals surface area contributed by atoms with Crippen molar-refractivity contribution >= 4 is 23.4 Å². The lowest BCUT2D eigenvalue weighted by atomic mass is 10.1. The van der Waals surface area contributed by atoms with E-state index in [-0.39, 0.29) is 17.4 Å². The molecular weight excluding hydrogens is 468 g/mol. The van der Waals surface area contributed by atoms with Gasteiger partial charge < -0.3 is 9.47 Å². The van der Waals surface area contributed by atoms with E-state index >= 15 is 0 Å². The predicted octanol–water partition coefficient (Wildman–Crippen LogP) is 6.10. The van der Waals surface area contributed by atoms with Gasteiger partial charge in [0.25, 0.3) is 0 Å². The van der Waals surface area contributed by atoms with Crippen molar-refractivity contribution < 1.29 is 18.3 Å². The van der Waals surface area contributed by atoms with Crippen molar-refractivity contribution in [1.29, 1.82) is 0 Å². The third kappa shape index (κ3) is 5.12. The van der Waals surface area contributed by atoms with Crippen LogP contribution in [0, 0.1) is 11.6 Å². The van der Waals surface area contributed by atoms with E-state index in [2.05, 4.69) is 10.2 Å². The first-order chi connectivity index (χ1) is 16.0. The Morgan fingerprint density at radius 1 is 0.939 bits per heavy atom. The van der Waals surface area contributed by atoms with Crippen LogP contribution in [0.4, 0.5) is 8.78 Å². The van der Waals surface area contributed by atoms with Crippen LogP contribution in [0.1, 0.15) is 17.0 Å². The molecule has 0 bridgehead atoms. The molecule has 0 radical (unpaired) electrons. The van der Waals surface area contributed by atoms with E-state index in [1.807, 2.05) is 22.8 Å². The van der Waals surface area contributed by atoms with Gasteiger partial charge in [0.2, 0.25) is 0 Å². The van der Waals surface area contributed by atoms with Gasteiger partial charge in [0.15, 0.2) is 16.7 Å². The van der Waals surface area contributed by atoms with Gasteiger partial charge in [-0.05, 0) is 54.1 Å². The molecule has 0 atom stereocenters. The van der Waals surface area contributed by atoms with E-state index in [0.29, 0.717) is 45.2 Å². The van der Waals surface area contributed by atoms with Gasteiger partial charge in [0, 0.05) is 28.4 Å². The van der Waals surface area contributed by atoms with Crippen LogP contribution < -0.4 is 9.47 Å². The summed E-state index contributed by atoms with van der Waals surface area (Å²) in [6, 6.07) is 16.2. The van der Waals surface area contributed by atoms with Crippen molar-refractivity contribution in [2.24, 2.45) is 0 Å². The van der Waals surface area contributed by atoms with Crippen LogP contribution in [0.2, 0.25) is 5.02 Å². The summed E-state index contributed by atoms with van der Waals surface area (Å²) in [5.74, 6) is 1.40. The zero-order valence-electron chi connectivity index (χ0n) is 17.9. The summed E-state index contributed by atoms with van der Waals surface area (Å²) in [6.45, 7) is 0. The fourth-order valence-corrected chi connectivity index (χ4v) is 4.65. The van der Waals surface area contributed by atoms with Gasteiger partial charge in [-0.3, -0.25) is 4.57 Å². The highest BCUT2D eigenvalue weighted by Crippen LogP contribution is 2.32. The Bertz CT molecular complexity index is 1250. The lowest BCUT2D eigenvalue weighted by Crippen LogP contribution is -2.04. The normalized spacial score (nSPS) is 10.9. The summed E-state index contributed by atoms with van der Waals surface area (Å²) in [5.41, 5.74) is 2.01. The number of methoxy groups -OCH3 is 2. The maximum absolute atomic E-state index is 14.2. The summed E-state index contributed by atoms with van der Waals surface area (Å²) in [6.07, 6.45) is 0.436. The second kappa shape index (κ2) is 10.2. The van der Waals surface area contributed by atoms with Crippen molar-refractivity contribution in [3.05, 3.63) is 94.3 Å². The van der Waals surface area contributed by atoms with Gasteiger partial charge in [0.1, 0.15) is 17.5 Å². The molecule has 1 heterocycles. The molecule has 1 aromatic heterocycles. The van der Waals surface area contributed by atoms with Crippen molar-refractivity contribution in [3.8, 4) is 17.2 Å². The number of thioether (sulfide) groups is 1. The number of nitrogens with zero attached hydrogens (tertiary/aromatic N) is 3. The third-order valence-corrected chi connectivity index (χ3v) is 6.31. The maximum Gasteiger partial charge on any atom is 0.196 e. The molecule has 170 valence electrons. The first-order valence-electron chi connectivity index (χ1n) is 9.97. The molecule has 0 aliphatic rings. The van der Waals surface area contributed by atoms with E-state index in [9.17, 15) is 8.78 Å². The molecule has 0 saturated carbocycles. The quantitative estimate of drug-likeness (QED) is 0.281. The molecule has 33 heavy (non-hydrogen) atoms. The molecule has 0 unspecified atom stereocenters. The molecule has 3 aromatic carbocycles. The average molecular weight is 488 g/mol. The van der Waals surface area contributed by atoms with E-state index < -0.39 is 0 Å².